The highest BCUT2D eigenvalue weighted by Crippen LogP contribution is 2.03. The van der Waals surface area contributed by atoms with Crippen LogP contribution in [-0.4, -0.2) is 22.8 Å². The third kappa shape index (κ3) is 5.90. The number of nitrogens with one attached hydrogen (secondary N) is 2. The second-order valence-electron chi connectivity index (χ2n) is 3.39. The van der Waals surface area contributed by atoms with Crippen molar-refractivity contribution in [2.75, 3.05) is 5.75 Å². The lowest BCUT2D eigenvalue weighted by Crippen LogP contribution is -2.26. The van der Waals surface area contributed by atoms with Gasteiger partial charge in [0.15, 0.2) is 11.1 Å². The average molecular weight is 265 g/mol. The highest BCUT2D eigenvalue weighted by Gasteiger charge is 2.04. The minimum atomic E-state index is -0.183. The molecule has 0 aliphatic carbocycles. The van der Waals surface area contributed by atoms with Gasteiger partial charge in [-0.15, -0.1) is 0 Å². The summed E-state index contributed by atoms with van der Waals surface area (Å²) in [5, 5.41) is 10.0. The Labute approximate surface area is 109 Å². The molecule has 0 saturated heterocycles. The Bertz CT molecular complexity index is 442. The highest BCUT2D eigenvalue weighted by molar-refractivity contribution is 8.14. The zero-order chi connectivity index (χ0) is 13.4. The Hall–Kier alpha value is -2.02. The van der Waals surface area contributed by atoms with Gasteiger partial charge in [0, 0.05) is 6.54 Å². The molecular weight excluding hydrogens is 250 g/mol. The van der Waals surface area contributed by atoms with Crippen LogP contribution in [0.4, 0.5) is 0 Å². The molecule has 0 spiro atoms. The first-order valence-corrected chi connectivity index (χ1v) is 6.18. The maximum atomic E-state index is 11.5. The molecule has 1 aromatic rings. The molecule has 7 heteroatoms. The third-order valence-corrected chi connectivity index (χ3v) is 2.67. The normalized spacial score (nSPS) is 9.56. The summed E-state index contributed by atoms with van der Waals surface area (Å²) < 4.78 is 0. The first kappa shape index (κ1) is 14.0. The van der Waals surface area contributed by atoms with Crippen molar-refractivity contribution in [3.63, 3.8) is 0 Å². The monoisotopic (exact) mass is 265 g/mol. The largest absolute Gasteiger partial charge is 0.370 e. The van der Waals surface area contributed by atoms with Gasteiger partial charge in [0.05, 0.1) is 5.75 Å². The lowest BCUT2D eigenvalue weighted by Gasteiger charge is -2.04. The van der Waals surface area contributed by atoms with E-state index in [1.807, 2.05) is 30.3 Å². The van der Waals surface area contributed by atoms with Crippen LogP contribution in [-0.2, 0) is 11.3 Å². The van der Waals surface area contributed by atoms with Crippen LogP contribution in [0.25, 0.3) is 0 Å². The summed E-state index contributed by atoms with van der Waals surface area (Å²) in [7, 11) is 0. The highest BCUT2D eigenvalue weighted by atomic mass is 32.2. The Kier molecular flexibility index (Phi) is 5.72. The van der Waals surface area contributed by atoms with Crippen molar-refractivity contribution in [2.45, 2.75) is 6.54 Å². The quantitative estimate of drug-likeness (QED) is 0.461. The molecule has 0 aromatic heterocycles. The van der Waals surface area contributed by atoms with Gasteiger partial charge in [-0.3, -0.25) is 10.2 Å². The van der Waals surface area contributed by atoms with Crippen molar-refractivity contribution in [3.05, 3.63) is 35.9 Å². The summed E-state index contributed by atoms with van der Waals surface area (Å²) in [4.78, 5) is 15.0. The van der Waals surface area contributed by atoms with E-state index in [2.05, 4.69) is 10.3 Å². The number of benzene rings is 1. The number of amidine groups is 1. The van der Waals surface area contributed by atoms with Gasteiger partial charge in [0.2, 0.25) is 5.91 Å². The van der Waals surface area contributed by atoms with Crippen molar-refractivity contribution in [1.29, 1.82) is 5.41 Å². The van der Waals surface area contributed by atoms with Crippen molar-refractivity contribution in [1.82, 2.24) is 5.32 Å². The summed E-state index contributed by atoms with van der Waals surface area (Å²) >= 11 is 0.972. The molecule has 0 unspecified atom stereocenters. The minimum Gasteiger partial charge on any atom is -0.370 e. The maximum Gasteiger partial charge on any atom is 0.230 e. The molecule has 1 aromatic carbocycles. The molecule has 6 nitrogen and oxygen atoms in total. The molecule has 0 bridgehead atoms. The van der Waals surface area contributed by atoms with E-state index in [9.17, 15) is 4.79 Å². The van der Waals surface area contributed by atoms with Gasteiger partial charge in [0.1, 0.15) is 0 Å². The van der Waals surface area contributed by atoms with Gasteiger partial charge in [0.25, 0.3) is 0 Å². The average Bonchev–Trinajstić information content (AvgIpc) is 2.34. The van der Waals surface area contributed by atoms with Crippen LogP contribution >= 0.6 is 11.8 Å². The lowest BCUT2D eigenvalue weighted by atomic mass is 10.2. The number of carbonyl (C=O) groups excluding carboxylic acids is 1. The van der Waals surface area contributed by atoms with Crippen LogP contribution in [0.2, 0.25) is 0 Å². The van der Waals surface area contributed by atoms with Crippen LogP contribution in [0.5, 0.6) is 0 Å². The standard InChI is InChI=1S/C11H15N5OS/c12-10(13)16-11(14)18-7-9(17)15-6-8-4-2-1-3-5-8/h1-5H,6-7H2,(H,15,17)(H5,12,13,14,16). The first-order valence-electron chi connectivity index (χ1n) is 5.19. The van der Waals surface area contributed by atoms with Crippen LogP contribution in [0.15, 0.2) is 35.3 Å². The summed E-state index contributed by atoms with van der Waals surface area (Å²) in [6.45, 7) is 0.468. The predicted molar refractivity (Wildman–Crippen MR) is 74.3 cm³/mol. The van der Waals surface area contributed by atoms with Gasteiger partial charge >= 0.3 is 0 Å². The molecule has 0 fully saturated rings. The van der Waals surface area contributed by atoms with Crippen molar-refractivity contribution >= 4 is 28.8 Å². The van der Waals surface area contributed by atoms with E-state index < -0.39 is 0 Å². The summed E-state index contributed by atoms with van der Waals surface area (Å²) in [5.41, 5.74) is 11.2. The molecule has 18 heavy (non-hydrogen) atoms. The van der Waals surface area contributed by atoms with Crippen molar-refractivity contribution in [3.8, 4) is 0 Å². The van der Waals surface area contributed by atoms with Gasteiger partial charge in [-0.2, -0.15) is 4.99 Å². The number of rotatable bonds is 4. The molecule has 0 atom stereocenters. The summed E-state index contributed by atoms with van der Waals surface area (Å²) in [6, 6.07) is 9.58. The first-order chi connectivity index (χ1) is 8.58. The fourth-order valence-electron chi connectivity index (χ4n) is 1.13. The van der Waals surface area contributed by atoms with E-state index >= 15 is 0 Å². The smallest absolute Gasteiger partial charge is 0.230 e. The van der Waals surface area contributed by atoms with E-state index in [0.717, 1.165) is 17.3 Å². The number of nitrogens with two attached hydrogens (primary N) is 2. The summed E-state index contributed by atoms with van der Waals surface area (Å²) in [6.07, 6.45) is 0. The zero-order valence-corrected chi connectivity index (χ0v) is 10.5. The molecule has 96 valence electrons. The van der Waals surface area contributed by atoms with Crippen LogP contribution in [0.1, 0.15) is 5.56 Å². The molecule has 1 rings (SSSR count). The predicted octanol–water partition coefficient (Wildman–Crippen LogP) is 0.244. The van der Waals surface area contributed by atoms with E-state index in [-0.39, 0.29) is 22.8 Å². The zero-order valence-electron chi connectivity index (χ0n) is 9.72. The van der Waals surface area contributed by atoms with E-state index in [1.165, 1.54) is 0 Å². The van der Waals surface area contributed by atoms with Crippen molar-refractivity contribution < 1.29 is 4.79 Å². The number of carbonyl (C=O) groups is 1. The number of aliphatic imine (C=N–C) groups is 1. The van der Waals surface area contributed by atoms with E-state index in [0.29, 0.717) is 6.54 Å². The molecule has 0 aliphatic heterocycles. The number of hydrogen-bond acceptors (Lipinski definition) is 3. The number of hydrogen-bond donors (Lipinski definition) is 4. The fourth-order valence-corrected chi connectivity index (χ4v) is 1.67. The Morgan fingerprint density at radius 3 is 2.61 bits per heavy atom. The van der Waals surface area contributed by atoms with Crippen LogP contribution in [0.3, 0.4) is 0 Å². The van der Waals surface area contributed by atoms with Gasteiger partial charge in [-0.25, -0.2) is 0 Å². The van der Waals surface area contributed by atoms with Crippen LogP contribution < -0.4 is 16.8 Å². The molecular formula is C11H15N5OS. The SMILES string of the molecule is N=C(N=C(N)N)SCC(=O)NCc1ccccc1. The molecule has 0 saturated carbocycles. The fraction of sp³-hybridized carbons (Fsp3) is 0.182. The van der Waals surface area contributed by atoms with Gasteiger partial charge in [-0.1, -0.05) is 42.1 Å². The second kappa shape index (κ2) is 7.33. The topological polar surface area (TPSA) is 117 Å². The number of thioether (sulfide) groups is 1. The summed E-state index contributed by atoms with van der Waals surface area (Å²) in [5.74, 6) is -0.237. The van der Waals surface area contributed by atoms with E-state index in [1.54, 1.807) is 0 Å². The van der Waals surface area contributed by atoms with Gasteiger partial charge < -0.3 is 16.8 Å². The van der Waals surface area contributed by atoms with Gasteiger partial charge in [-0.05, 0) is 5.56 Å². The number of nitrogens with zero attached hydrogens (tertiary/aromatic N) is 1. The lowest BCUT2D eigenvalue weighted by molar-refractivity contribution is -0.118. The molecule has 0 heterocycles. The maximum absolute atomic E-state index is 11.5. The van der Waals surface area contributed by atoms with E-state index in [4.69, 9.17) is 16.9 Å². The minimum absolute atomic E-state index is 0.0788. The number of amides is 1. The number of guanidine groups is 1. The molecule has 0 radical (unpaired) electrons. The molecule has 1 amide bonds. The van der Waals surface area contributed by atoms with Crippen LogP contribution in [0, 0.1) is 5.41 Å². The third-order valence-electron chi connectivity index (χ3n) is 1.90. The Balaban J connectivity index is 2.26. The van der Waals surface area contributed by atoms with Crippen molar-refractivity contribution in [2.24, 2.45) is 16.5 Å². The molecule has 6 N–H and O–H groups in total. The Morgan fingerprint density at radius 2 is 2.00 bits per heavy atom. The molecule has 0 aliphatic rings. The Morgan fingerprint density at radius 1 is 1.33 bits per heavy atom. The second-order valence-corrected chi connectivity index (χ2v) is 4.36.